The summed E-state index contributed by atoms with van der Waals surface area (Å²) in [6.45, 7) is 6.01. The fourth-order valence-corrected chi connectivity index (χ4v) is 2.73. The number of hydrogen-bond acceptors (Lipinski definition) is 4. The van der Waals surface area contributed by atoms with E-state index in [1.54, 1.807) is 13.3 Å². The lowest BCUT2D eigenvalue weighted by molar-refractivity contribution is 0.397. The number of para-hydroxylation sites is 1. The zero-order valence-electron chi connectivity index (χ0n) is 15.8. The molecule has 6 nitrogen and oxygen atoms in total. The monoisotopic (exact) mass is 480 g/mol. The number of pyridine rings is 1. The van der Waals surface area contributed by atoms with Gasteiger partial charge in [0.25, 0.3) is 0 Å². The first-order valence-electron chi connectivity index (χ1n) is 8.69. The SMILES string of the molecule is CCNC(=NCc1ccnc(OC)c1)NCc1oc2ccccc2c1C.I. The maximum absolute atomic E-state index is 5.95. The van der Waals surface area contributed by atoms with Gasteiger partial charge in [-0.3, -0.25) is 0 Å². The average Bonchev–Trinajstić information content (AvgIpc) is 3.00. The summed E-state index contributed by atoms with van der Waals surface area (Å²) in [5, 5.41) is 7.74. The molecular formula is C20H25IN4O2. The number of ether oxygens (including phenoxy) is 1. The molecule has 3 rings (SSSR count). The Morgan fingerprint density at radius 3 is 2.78 bits per heavy atom. The number of aryl methyl sites for hydroxylation is 1. The van der Waals surface area contributed by atoms with Gasteiger partial charge in [-0.25, -0.2) is 9.98 Å². The van der Waals surface area contributed by atoms with E-state index in [1.165, 1.54) is 0 Å². The summed E-state index contributed by atoms with van der Waals surface area (Å²) in [7, 11) is 1.61. The Labute approximate surface area is 176 Å². The average molecular weight is 480 g/mol. The number of halogens is 1. The van der Waals surface area contributed by atoms with E-state index in [9.17, 15) is 0 Å². The number of furan rings is 1. The Morgan fingerprint density at radius 2 is 2.04 bits per heavy atom. The Hall–Kier alpha value is -2.29. The fraction of sp³-hybridized carbons (Fsp3) is 0.300. The van der Waals surface area contributed by atoms with Crippen LogP contribution in [0.2, 0.25) is 0 Å². The van der Waals surface area contributed by atoms with Crippen molar-refractivity contribution < 1.29 is 9.15 Å². The molecule has 0 bridgehead atoms. The van der Waals surface area contributed by atoms with Gasteiger partial charge < -0.3 is 19.8 Å². The van der Waals surface area contributed by atoms with Crippen LogP contribution >= 0.6 is 24.0 Å². The van der Waals surface area contributed by atoms with Crippen LogP contribution < -0.4 is 15.4 Å². The second-order valence-corrected chi connectivity index (χ2v) is 5.90. The number of rotatable bonds is 6. The second kappa shape index (κ2) is 10.1. The lowest BCUT2D eigenvalue weighted by atomic mass is 10.1. The highest BCUT2D eigenvalue weighted by Crippen LogP contribution is 2.24. The molecule has 7 heteroatoms. The first kappa shape index (κ1) is 21.0. The van der Waals surface area contributed by atoms with Crippen molar-refractivity contribution in [3.63, 3.8) is 0 Å². The lowest BCUT2D eigenvalue weighted by Gasteiger charge is -2.10. The highest BCUT2D eigenvalue weighted by atomic mass is 127. The van der Waals surface area contributed by atoms with E-state index in [2.05, 4.69) is 33.6 Å². The first-order chi connectivity index (χ1) is 12.7. The summed E-state index contributed by atoms with van der Waals surface area (Å²) in [6.07, 6.45) is 1.72. The van der Waals surface area contributed by atoms with Crippen molar-refractivity contribution in [2.75, 3.05) is 13.7 Å². The molecule has 0 amide bonds. The van der Waals surface area contributed by atoms with E-state index < -0.39 is 0 Å². The van der Waals surface area contributed by atoms with Crippen molar-refractivity contribution in [1.29, 1.82) is 0 Å². The summed E-state index contributed by atoms with van der Waals surface area (Å²) < 4.78 is 11.1. The van der Waals surface area contributed by atoms with E-state index in [1.807, 2.05) is 37.3 Å². The van der Waals surface area contributed by atoms with Gasteiger partial charge in [0.1, 0.15) is 11.3 Å². The quantitative estimate of drug-likeness (QED) is 0.317. The van der Waals surface area contributed by atoms with Crippen molar-refractivity contribution in [1.82, 2.24) is 15.6 Å². The molecule has 0 fully saturated rings. The predicted molar refractivity (Wildman–Crippen MR) is 119 cm³/mol. The molecule has 0 atom stereocenters. The molecule has 0 aliphatic rings. The maximum atomic E-state index is 5.95. The lowest BCUT2D eigenvalue weighted by Crippen LogP contribution is -2.36. The van der Waals surface area contributed by atoms with Crippen LogP contribution in [-0.4, -0.2) is 24.6 Å². The Bertz CT molecular complexity index is 908. The zero-order chi connectivity index (χ0) is 18.4. The van der Waals surface area contributed by atoms with Gasteiger partial charge in [-0.05, 0) is 31.5 Å². The highest BCUT2D eigenvalue weighted by Gasteiger charge is 2.10. The van der Waals surface area contributed by atoms with Gasteiger partial charge in [-0.1, -0.05) is 18.2 Å². The van der Waals surface area contributed by atoms with Crippen molar-refractivity contribution in [2.45, 2.75) is 26.9 Å². The van der Waals surface area contributed by atoms with Crippen LogP contribution in [-0.2, 0) is 13.1 Å². The third-order valence-corrected chi connectivity index (χ3v) is 4.13. The third kappa shape index (κ3) is 5.35. The summed E-state index contributed by atoms with van der Waals surface area (Å²) >= 11 is 0. The van der Waals surface area contributed by atoms with Crippen molar-refractivity contribution in [3.8, 4) is 5.88 Å². The van der Waals surface area contributed by atoms with Gasteiger partial charge in [0.05, 0.1) is 20.2 Å². The van der Waals surface area contributed by atoms with Gasteiger partial charge in [0.2, 0.25) is 5.88 Å². The molecule has 2 aromatic heterocycles. The minimum Gasteiger partial charge on any atom is -0.481 e. The molecule has 2 N–H and O–H groups in total. The van der Waals surface area contributed by atoms with E-state index in [0.29, 0.717) is 19.0 Å². The normalized spacial score (nSPS) is 11.1. The predicted octanol–water partition coefficient (Wildman–Crippen LogP) is 4.02. The number of guanidine groups is 1. The molecule has 0 spiro atoms. The van der Waals surface area contributed by atoms with E-state index in [0.717, 1.165) is 40.4 Å². The largest absolute Gasteiger partial charge is 0.481 e. The van der Waals surface area contributed by atoms with Gasteiger partial charge in [0, 0.05) is 29.8 Å². The fourth-order valence-electron chi connectivity index (χ4n) is 2.73. The van der Waals surface area contributed by atoms with Crippen molar-refractivity contribution in [3.05, 3.63) is 59.5 Å². The zero-order valence-corrected chi connectivity index (χ0v) is 18.1. The van der Waals surface area contributed by atoms with Gasteiger partial charge in [-0.15, -0.1) is 24.0 Å². The van der Waals surface area contributed by atoms with Crippen LogP contribution in [0.5, 0.6) is 5.88 Å². The molecule has 2 heterocycles. The molecule has 0 aliphatic carbocycles. The van der Waals surface area contributed by atoms with Crippen LogP contribution in [0.4, 0.5) is 0 Å². The summed E-state index contributed by atoms with van der Waals surface area (Å²) in [5.74, 6) is 2.25. The van der Waals surface area contributed by atoms with Crippen molar-refractivity contribution >= 4 is 40.9 Å². The molecular weight excluding hydrogens is 455 g/mol. The number of nitrogens with zero attached hydrogens (tertiary/aromatic N) is 2. The Morgan fingerprint density at radius 1 is 1.22 bits per heavy atom. The topological polar surface area (TPSA) is 71.7 Å². The van der Waals surface area contributed by atoms with Gasteiger partial charge in [-0.2, -0.15) is 0 Å². The minimum atomic E-state index is 0. The Balaban J connectivity index is 0.00000261. The van der Waals surface area contributed by atoms with E-state index in [-0.39, 0.29) is 24.0 Å². The number of aromatic nitrogens is 1. The van der Waals surface area contributed by atoms with Crippen LogP contribution in [0.25, 0.3) is 11.0 Å². The summed E-state index contributed by atoms with van der Waals surface area (Å²) in [5.41, 5.74) is 3.10. The van der Waals surface area contributed by atoms with E-state index >= 15 is 0 Å². The van der Waals surface area contributed by atoms with Crippen LogP contribution in [0.3, 0.4) is 0 Å². The number of nitrogens with one attached hydrogen (secondary N) is 2. The van der Waals surface area contributed by atoms with E-state index in [4.69, 9.17) is 9.15 Å². The molecule has 0 saturated heterocycles. The van der Waals surface area contributed by atoms with Gasteiger partial charge >= 0.3 is 0 Å². The number of fused-ring (bicyclic) bond motifs is 1. The number of aliphatic imine (C=N–C) groups is 1. The molecule has 144 valence electrons. The number of methoxy groups -OCH3 is 1. The molecule has 0 saturated carbocycles. The molecule has 27 heavy (non-hydrogen) atoms. The maximum Gasteiger partial charge on any atom is 0.213 e. The molecule has 0 unspecified atom stereocenters. The van der Waals surface area contributed by atoms with Crippen LogP contribution in [0, 0.1) is 6.92 Å². The molecule has 0 radical (unpaired) electrons. The Kier molecular flexibility index (Phi) is 7.90. The first-order valence-corrected chi connectivity index (χ1v) is 8.69. The molecule has 1 aromatic carbocycles. The number of benzene rings is 1. The summed E-state index contributed by atoms with van der Waals surface area (Å²) in [6, 6.07) is 11.9. The third-order valence-electron chi connectivity index (χ3n) is 4.13. The minimum absolute atomic E-state index is 0. The molecule has 3 aromatic rings. The highest BCUT2D eigenvalue weighted by molar-refractivity contribution is 14.0. The van der Waals surface area contributed by atoms with Crippen LogP contribution in [0.15, 0.2) is 52.0 Å². The standard InChI is InChI=1S/C20H24N4O2.HI/c1-4-21-20(23-12-15-9-10-22-19(11-15)25-3)24-13-18-14(2)16-7-5-6-8-17(16)26-18;/h5-11H,4,12-13H2,1-3H3,(H2,21,23,24);1H. The summed E-state index contributed by atoms with van der Waals surface area (Å²) in [4.78, 5) is 8.74. The van der Waals surface area contributed by atoms with Crippen molar-refractivity contribution in [2.24, 2.45) is 4.99 Å². The second-order valence-electron chi connectivity index (χ2n) is 5.90. The van der Waals surface area contributed by atoms with Gasteiger partial charge in [0.15, 0.2) is 5.96 Å². The number of hydrogen-bond donors (Lipinski definition) is 2. The molecule has 0 aliphatic heterocycles. The van der Waals surface area contributed by atoms with Crippen LogP contribution in [0.1, 0.15) is 23.8 Å². The smallest absolute Gasteiger partial charge is 0.213 e.